The molecule has 0 radical (unpaired) electrons. The third-order valence-electron chi connectivity index (χ3n) is 3.98. The van der Waals surface area contributed by atoms with Crippen LogP contribution < -0.4 is 5.32 Å². The Bertz CT molecular complexity index is 853. The molecule has 0 bridgehead atoms. The summed E-state index contributed by atoms with van der Waals surface area (Å²) in [5.74, 6) is 1.13. The van der Waals surface area contributed by atoms with Gasteiger partial charge in [0, 0.05) is 18.0 Å². The van der Waals surface area contributed by atoms with Gasteiger partial charge in [-0.15, -0.1) is 11.3 Å². The molecule has 0 aliphatic rings. The molecule has 1 atom stereocenters. The van der Waals surface area contributed by atoms with Crippen molar-refractivity contribution in [2.24, 2.45) is 0 Å². The highest BCUT2D eigenvalue weighted by Gasteiger charge is 2.21. The summed E-state index contributed by atoms with van der Waals surface area (Å²) < 4.78 is 10.5. The normalized spacial score (nSPS) is 12.2. The van der Waals surface area contributed by atoms with Gasteiger partial charge in [0.25, 0.3) is 0 Å². The number of carbonyl (C=O) groups is 1. The van der Waals surface area contributed by atoms with E-state index in [-0.39, 0.29) is 18.6 Å². The Morgan fingerprint density at radius 3 is 2.84 bits per heavy atom. The number of rotatable bonds is 5. The van der Waals surface area contributed by atoms with Crippen molar-refractivity contribution in [3.63, 3.8) is 0 Å². The van der Waals surface area contributed by atoms with Gasteiger partial charge in [0.1, 0.15) is 5.69 Å². The number of nitrogens with zero attached hydrogens (tertiary/aromatic N) is 3. The Morgan fingerprint density at radius 1 is 1.40 bits per heavy atom. The summed E-state index contributed by atoms with van der Waals surface area (Å²) in [5.41, 5.74) is 1.56. The second kappa shape index (κ2) is 7.10. The number of thiazole rings is 1. The zero-order valence-electron chi connectivity index (χ0n) is 14.6. The Balaban J connectivity index is 1.59. The van der Waals surface area contributed by atoms with Crippen molar-refractivity contribution in [2.45, 2.75) is 33.4 Å². The molecule has 25 heavy (non-hydrogen) atoms. The van der Waals surface area contributed by atoms with Crippen LogP contribution in [0.25, 0.3) is 11.5 Å². The minimum absolute atomic E-state index is 0.110. The topological polar surface area (TPSA) is 84.4 Å². The van der Waals surface area contributed by atoms with Crippen molar-refractivity contribution in [3.05, 3.63) is 45.7 Å². The summed E-state index contributed by atoms with van der Waals surface area (Å²) in [6, 6.07) is 5.01. The Morgan fingerprint density at radius 2 is 2.20 bits per heavy atom. The van der Waals surface area contributed by atoms with E-state index in [4.69, 9.17) is 8.94 Å². The molecule has 0 spiro atoms. The van der Waals surface area contributed by atoms with Crippen LogP contribution in [0.15, 0.2) is 33.4 Å². The van der Waals surface area contributed by atoms with Crippen LogP contribution in [0.4, 0.5) is 4.79 Å². The van der Waals surface area contributed by atoms with Crippen LogP contribution in [0.1, 0.15) is 34.2 Å². The highest BCUT2D eigenvalue weighted by atomic mass is 32.1. The van der Waals surface area contributed by atoms with Crippen LogP contribution in [-0.4, -0.2) is 28.1 Å². The third kappa shape index (κ3) is 3.74. The number of urea groups is 1. The van der Waals surface area contributed by atoms with E-state index in [0.29, 0.717) is 17.2 Å². The summed E-state index contributed by atoms with van der Waals surface area (Å²) >= 11 is 1.64. The van der Waals surface area contributed by atoms with Crippen molar-refractivity contribution in [1.29, 1.82) is 0 Å². The minimum atomic E-state index is -0.194. The molecule has 0 saturated carbocycles. The fourth-order valence-corrected chi connectivity index (χ4v) is 3.42. The summed E-state index contributed by atoms with van der Waals surface area (Å²) in [5, 5.41) is 7.79. The molecule has 2 amide bonds. The maximum Gasteiger partial charge on any atom is 0.318 e. The maximum atomic E-state index is 12.4. The summed E-state index contributed by atoms with van der Waals surface area (Å²) in [6.07, 6.45) is 1.57. The van der Waals surface area contributed by atoms with E-state index in [1.54, 1.807) is 47.7 Å². The zero-order chi connectivity index (χ0) is 18.0. The number of amides is 2. The highest BCUT2D eigenvalue weighted by Crippen LogP contribution is 2.26. The molecule has 3 aromatic rings. The average Bonchev–Trinajstić information content (AvgIpc) is 3.31. The quantitative estimate of drug-likeness (QED) is 0.746. The van der Waals surface area contributed by atoms with E-state index in [1.807, 2.05) is 20.8 Å². The number of aromatic nitrogens is 2. The van der Waals surface area contributed by atoms with Crippen LogP contribution in [0.5, 0.6) is 0 Å². The van der Waals surface area contributed by atoms with Gasteiger partial charge >= 0.3 is 6.03 Å². The molecule has 0 saturated heterocycles. The number of aryl methyl sites for hydroxylation is 2. The van der Waals surface area contributed by atoms with Crippen molar-refractivity contribution in [3.8, 4) is 11.5 Å². The molecule has 0 fully saturated rings. The first-order chi connectivity index (χ1) is 12.0. The second-order valence-corrected chi connectivity index (χ2v) is 7.19. The van der Waals surface area contributed by atoms with Crippen LogP contribution >= 0.6 is 11.3 Å². The van der Waals surface area contributed by atoms with E-state index in [9.17, 15) is 4.79 Å². The third-order valence-corrected chi connectivity index (χ3v) is 4.88. The number of carbonyl (C=O) groups excluding carboxylic acids is 1. The Hall–Kier alpha value is -2.61. The molecule has 1 unspecified atom stereocenters. The molecule has 0 aliphatic heterocycles. The lowest BCUT2D eigenvalue weighted by Crippen LogP contribution is -2.38. The van der Waals surface area contributed by atoms with E-state index in [1.165, 1.54) is 0 Å². The Labute approximate surface area is 149 Å². The molecular weight excluding hydrogens is 340 g/mol. The van der Waals surface area contributed by atoms with Gasteiger partial charge in [-0.1, -0.05) is 5.16 Å². The van der Waals surface area contributed by atoms with E-state index < -0.39 is 0 Å². The van der Waals surface area contributed by atoms with Crippen LogP contribution in [0.3, 0.4) is 0 Å². The lowest BCUT2D eigenvalue weighted by molar-refractivity contribution is 0.192. The molecule has 7 nitrogen and oxygen atoms in total. The van der Waals surface area contributed by atoms with Gasteiger partial charge in [-0.3, -0.25) is 0 Å². The van der Waals surface area contributed by atoms with Crippen molar-refractivity contribution in [2.75, 3.05) is 7.05 Å². The Kier molecular flexibility index (Phi) is 4.89. The monoisotopic (exact) mass is 360 g/mol. The lowest BCUT2D eigenvalue weighted by atomic mass is 10.2. The first kappa shape index (κ1) is 17.2. The summed E-state index contributed by atoms with van der Waals surface area (Å²) in [6.45, 7) is 6.23. The van der Waals surface area contributed by atoms with Gasteiger partial charge in [-0.2, -0.15) is 0 Å². The van der Waals surface area contributed by atoms with Gasteiger partial charge in [0.15, 0.2) is 5.76 Å². The zero-order valence-corrected chi connectivity index (χ0v) is 15.4. The second-order valence-electron chi connectivity index (χ2n) is 5.78. The molecule has 1 N–H and O–H groups in total. The standard InChI is InChI=1S/C17H20N4O3S/c1-10(16-11(2)25-12(3)19-16)21(4)17(22)18-9-13-8-15(24-20-13)14-6-5-7-23-14/h5-8,10H,9H2,1-4H3,(H,18,22). The predicted molar refractivity (Wildman–Crippen MR) is 94.2 cm³/mol. The molecule has 0 aliphatic carbocycles. The number of nitrogens with one attached hydrogen (secondary N) is 1. The smallest absolute Gasteiger partial charge is 0.318 e. The molecule has 0 aromatic carbocycles. The largest absolute Gasteiger partial charge is 0.461 e. The van der Waals surface area contributed by atoms with Crippen LogP contribution in [0, 0.1) is 13.8 Å². The van der Waals surface area contributed by atoms with Crippen LogP contribution in [-0.2, 0) is 6.54 Å². The first-order valence-corrected chi connectivity index (χ1v) is 8.71. The first-order valence-electron chi connectivity index (χ1n) is 7.89. The average molecular weight is 360 g/mol. The fraction of sp³-hybridized carbons (Fsp3) is 0.353. The van der Waals surface area contributed by atoms with E-state index in [2.05, 4.69) is 15.5 Å². The minimum Gasteiger partial charge on any atom is -0.461 e. The van der Waals surface area contributed by atoms with Gasteiger partial charge in [-0.05, 0) is 32.9 Å². The van der Waals surface area contributed by atoms with Gasteiger partial charge in [0.05, 0.1) is 29.6 Å². The van der Waals surface area contributed by atoms with Gasteiger partial charge in [-0.25, -0.2) is 9.78 Å². The van der Waals surface area contributed by atoms with E-state index in [0.717, 1.165) is 15.6 Å². The van der Waals surface area contributed by atoms with Gasteiger partial charge < -0.3 is 19.2 Å². The predicted octanol–water partition coefficient (Wildman–Crippen LogP) is 3.91. The summed E-state index contributed by atoms with van der Waals surface area (Å²) in [4.78, 5) is 19.7. The molecular formula is C17H20N4O3S. The molecule has 3 heterocycles. The lowest BCUT2D eigenvalue weighted by Gasteiger charge is -2.24. The van der Waals surface area contributed by atoms with Crippen molar-refractivity contribution in [1.82, 2.24) is 20.4 Å². The van der Waals surface area contributed by atoms with Crippen molar-refractivity contribution < 1.29 is 13.7 Å². The molecule has 3 aromatic heterocycles. The maximum absolute atomic E-state index is 12.4. The molecule has 132 valence electrons. The van der Waals surface area contributed by atoms with Crippen LogP contribution in [0.2, 0.25) is 0 Å². The molecule has 3 rings (SSSR count). The van der Waals surface area contributed by atoms with E-state index >= 15 is 0 Å². The summed E-state index contributed by atoms with van der Waals surface area (Å²) in [7, 11) is 1.76. The fourth-order valence-electron chi connectivity index (χ4n) is 2.51. The van der Waals surface area contributed by atoms with Gasteiger partial charge in [0.2, 0.25) is 5.76 Å². The highest BCUT2D eigenvalue weighted by molar-refractivity contribution is 7.11. The number of furan rings is 1. The number of hydrogen-bond donors (Lipinski definition) is 1. The molecule has 8 heteroatoms. The number of hydrogen-bond acceptors (Lipinski definition) is 6. The van der Waals surface area contributed by atoms with Crippen molar-refractivity contribution >= 4 is 17.4 Å². The SMILES string of the molecule is Cc1nc(C(C)N(C)C(=O)NCc2cc(-c3ccco3)on2)c(C)s1.